The van der Waals surface area contributed by atoms with Gasteiger partial charge in [-0.2, -0.15) is 0 Å². The van der Waals surface area contributed by atoms with Crippen LogP contribution in [0.5, 0.6) is 0 Å². The van der Waals surface area contributed by atoms with Crippen LogP contribution in [0.25, 0.3) is 11.0 Å². The highest BCUT2D eigenvalue weighted by atomic mass is 79.9. The second-order valence-corrected chi connectivity index (χ2v) is 6.53. The normalized spacial score (nSPS) is 20.4. The average molecular weight is 334 g/mol. The standard InChI is InChI=1S/C17H20BrNO/c1-12(19-11-13-5-3-2-4-6-13)17-10-14-9-15(18)7-8-16(14)20-17/h2-3,7-10,12-13,19H,4-6,11H2,1H3. The topological polar surface area (TPSA) is 25.2 Å². The summed E-state index contributed by atoms with van der Waals surface area (Å²) in [6.07, 6.45) is 8.31. The minimum absolute atomic E-state index is 0.257. The van der Waals surface area contributed by atoms with E-state index in [-0.39, 0.29) is 6.04 Å². The first-order valence-electron chi connectivity index (χ1n) is 7.30. The number of rotatable bonds is 4. The smallest absolute Gasteiger partial charge is 0.134 e. The summed E-state index contributed by atoms with van der Waals surface area (Å²) in [5.41, 5.74) is 0.956. The average Bonchev–Trinajstić information content (AvgIpc) is 2.89. The maximum atomic E-state index is 5.93. The molecular formula is C17H20BrNO. The molecule has 1 aliphatic rings. The molecule has 1 aromatic carbocycles. The third-order valence-electron chi connectivity index (χ3n) is 4.01. The van der Waals surface area contributed by atoms with Crippen molar-refractivity contribution in [2.75, 3.05) is 6.54 Å². The van der Waals surface area contributed by atoms with Gasteiger partial charge in [-0.05, 0) is 62.9 Å². The molecule has 2 unspecified atom stereocenters. The van der Waals surface area contributed by atoms with Gasteiger partial charge in [0.25, 0.3) is 0 Å². The van der Waals surface area contributed by atoms with Crippen LogP contribution in [-0.2, 0) is 0 Å². The Morgan fingerprint density at radius 1 is 1.35 bits per heavy atom. The number of halogens is 1. The van der Waals surface area contributed by atoms with Gasteiger partial charge in [-0.1, -0.05) is 28.1 Å². The van der Waals surface area contributed by atoms with Crippen molar-refractivity contribution < 1.29 is 4.42 Å². The Morgan fingerprint density at radius 2 is 2.25 bits per heavy atom. The van der Waals surface area contributed by atoms with Gasteiger partial charge in [0.15, 0.2) is 0 Å². The van der Waals surface area contributed by atoms with Crippen LogP contribution in [0.15, 0.2) is 45.3 Å². The van der Waals surface area contributed by atoms with E-state index in [0.717, 1.165) is 33.7 Å². The molecule has 2 nitrogen and oxygen atoms in total. The highest BCUT2D eigenvalue weighted by Crippen LogP contribution is 2.27. The molecule has 2 aromatic rings. The summed E-state index contributed by atoms with van der Waals surface area (Å²) >= 11 is 3.50. The SMILES string of the molecule is CC(NCC1CC=CCC1)c1cc2cc(Br)ccc2o1. The van der Waals surface area contributed by atoms with Crippen molar-refractivity contribution in [3.63, 3.8) is 0 Å². The highest BCUT2D eigenvalue weighted by Gasteiger charge is 2.15. The van der Waals surface area contributed by atoms with Crippen LogP contribution in [0.3, 0.4) is 0 Å². The lowest BCUT2D eigenvalue weighted by molar-refractivity contribution is 0.386. The van der Waals surface area contributed by atoms with E-state index < -0.39 is 0 Å². The largest absolute Gasteiger partial charge is 0.459 e. The third-order valence-corrected chi connectivity index (χ3v) is 4.51. The molecule has 3 rings (SSSR count). The zero-order chi connectivity index (χ0) is 13.9. The predicted molar refractivity (Wildman–Crippen MR) is 86.8 cm³/mol. The number of hydrogen-bond acceptors (Lipinski definition) is 2. The molecule has 0 bridgehead atoms. The van der Waals surface area contributed by atoms with Gasteiger partial charge in [-0.25, -0.2) is 0 Å². The number of nitrogens with one attached hydrogen (secondary N) is 1. The quantitative estimate of drug-likeness (QED) is 0.777. The van der Waals surface area contributed by atoms with Gasteiger partial charge in [0, 0.05) is 9.86 Å². The van der Waals surface area contributed by atoms with Gasteiger partial charge < -0.3 is 9.73 Å². The van der Waals surface area contributed by atoms with Crippen LogP contribution >= 0.6 is 15.9 Å². The molecule has 1 N–H and O–H groups in total. The number of hydrogen-bond donors (Lipinski definition) is 1. The van der Waals surface area contributed by atoms with E-state index in [1.165, 1.54) is 19.3 Å². The fourth-order valence-corrected chi connectivity index (χ4v) is 3.11. The maximum absolute atomic E-state index is 5.93. The fourth-order valence-electron chi connectivity index (χ4n) is 2.73. The van der Waals surface area contributed by atoms with Gasteiger partial charge in [-0.3, -0.25) is 0 Å². The molecule has 1 aromatic heterocycles. The van der Waals surface area contributed by atoms with Crippen molar-refractivity contribution in [2.45, 2.75) is 32.2 Å². The molecule has 0 radical (unpaired) electrons. The van der Waals surface area contributed by atoms with Crippen LogP contribution in [-0.4, -0.2) is 6.54 Å². The molecule has 0 spiro atoms. The molecule has 20 heavy (non-hydrogen) atoms. The minimum Gasteiger partial charge on any atom is -0.459 e. The number of allylic oxidation sites excluding steroid dienone is 2. The molecule has 0 aliphatic heterocycles. The van der Waals surface area contributed by atoms with Crippen molar-refractivity contribution in [1.82, 2.24) is 5.32 Å². The molecule has 0 saturated heterocycles. The first-order chi connectivity index (χ1) is 9.72. The molecule has 0 fully saturated rings. The zero-order valence-corrected chi connectivity index (χ0v) is 13.3. The van der Waals surface area contributed by atoms with Gasteiger partial charge >= 0.3 is 0 Å². The van der Waals surface area contributed by atoms with Crippen LogP contribution < -0.4 is 5.32 Å². The lowest BCUT2D eigenvalue weighted by Crippen LogP contribution is -2.26. The fraction of sp³-hybridized carbons (Fsp3) is 0.412. The Kier molecular flexibility index (Phi) is 4.27. The van der Waals surface area contributed by atoms with E-state index >= 15 is 0 Å². The predicted octanol–water partition coefficient (Wildman–Crippen LogP) is 5.20. The molecule has 2 atom stereocenters. The summed E-state index contributed by atoms with van der Waals surface area (Å²) in [6, 6.07) is 8.52. The summed E-state index contributed by atoms with van der Waals surface area (Å²) in [7, 11) is 0. The summed E-state index contributed by atoms with van der Waals surface area (Å²) < 4.78 is 7.02. The maximum Gasteiger partial charge on any atom is 0.134 e. The Bertz CT molecular complexity index is 616. The van der Waals surface area contributed by atoms with Crippen molar-refractivity contribution in [3.05, 3.63) is 46.7 Å². The Hall–Kier alpha value is -1.06. The molecule has 0 saturated carbocycles. The van der Waals surface area contributed by atoms with E-state index in [1.54, 1.807) is 0 Å². The molecule has 0 amide bonds. The van der Waals surface area contributed by atoms with Gasteiger partial charge in [0.1, 0.15) is 11.3 Å². The Balaban J connectivity index is 1.65. The molecule has 106 valence electrons. The second-order valence-electron chi connectivity index (χ2n) is 5.61. The van der Waals surface area contributed by atoms with E-state index in [4.69, 9.17) is 4.42 Å². The first-order valence-corrected chi connectivity index (χ1v) is 8.09. The summed E-state index contributed by atoms with van der Waals surface area (Å²) in [5.74, 6) is 1.78. The van der Waals surface area contributed by atoms with Gasteiger partial charge in [0.05, 0.1) is 6.04 Å². The summed E-state index contributed by atoms with van der Waals surface area (Å²) in [4.78, 5) is 0. The van der Waals surface area contributed by atoms with Crippen LogP contribution in [0.1, 0.15) is 38.0 Å². The first kappa shape index (κ1) is 13.9. The van der Waals surface area contributed by atoms with Crippen LogP contribution in [0.4, 0.5) is 0 Å². The lowest BCUT2D eigenvalue weighted by atomic mass is 9.94. The monoisotopic (exact) mass is 333 g/mol. The molecular weight excluding hydrogens is 314 g/mol. The zero-order valence-electron chi connectivity index (χ0n) is 11.7. The highest BCUT2D eigenvalue weighted by molar-refractivity contribution is 9.10. The van der Waals surface area contributed by atoms with E-state index in [2.05, 4.69) is 52.5 Å². The Labute approximate surface area is 128 Å². The number of benzene rings is 1. The molecule has 3 heteroatoms. The van der Waals surface area contributed by atoms with E-state index in [1.807, 2.05) is 12.1 Å². The van der Waals surface area contributed by atoms with Crippen molar-refractivity contribution in [1.29, 1.82) is 0 Å². The van der Waals surface area contributed by atoms with Crippen LogP contribution in [0.2, 0.25) is 0 Å². The third kappa shape index (κ3) is 3.15. The molecule has 1 aliphatic carbocycles. The number of fused-ring (bicyclic) bond motifs is 1. The lowest BCUT2D eigenvalue weighted by Gasteiger charge is -2.20. The Morgan fingerprint density at radius 3 is 3.05 bits per heavy atom. The van der Waals surface area contributed by atoms with Gasteiger partial charge in [-0.15, -0.1) is 0 Å². The molecule has 1 heterocycles. The second kappa shape index (κ2) is 6.15. The number of furan rings is 1. The minimum atomic E-state index is 0.257. The summed E-state index contributed by atoms with van der Waals surface area (Å²) in [5, 5.41) is 4.76. The van der Waals surface area contributed by atoms with Crippen molar-refractivity contribution >= 4 is 26.9 Å². The van der Waals surface area contributed by atoms with Gasteiger partial charge in [0.2, 0.25) is 0 Å². The van der Waals surface area contributed by atoms with E-state index in [0.29, 0.717) is 0 Å². The summed E-state index contributed by atoms with van der Waals surface area (Å²) in [6.45, 7) is 3.23. The van der Waals surface area contributed by atoms with Crippen molar-refractivity contribution in [2.24, 2.45) is 5.92 Å². The van der Waals surface area contributed by atoms with E-state index in [9.17, 15) is 0 Å². The van der Waals surface area contributed by atoms with Crippen molar-refractivity contribution in [3.8, 4) is 0 Å². The van der Waals surface area contributed by atoms with Crippen LogP contribution in [0, 0.1) is 5.92 Å².